The summed E-state index contributed by atoms with van der Waals surface area (Å²) in [6, 6.07) is 12.4. The standard InChI is InChI=1S/C20H21N2O3S.Na/c1-3-4-14-25-19-7-5-6-16-10-13-18(20(16)19)21-22-26(23,24)17-11-8-15(2)9-12-17;/h3-9,11-12H,10,13-14H2,1-2H3;/q-1;+1/b4-3+,21-18+;. The Bertz CT molecular complexity index is 952. The van der Waals surface area contributed by atoms with Crippen LogP contribution in [0.4, 0.5) is 0 Å². The number of fused-ring (bicyclic) bond motifs is 1. The summed E-state index contributed by atoms with van der Waals surface area (Å²) in [5, 5.41) is 4.08. The van der Waals surface area contributed by atoms with Crippen LogP contribution in [0.25, 0.3) is 4.83 Å². The molecule has 0 heterocycles. The minimum atomic E-state index is -3.82. The molecule has 0 fully saturated rings. The van der Waals surface area contributed by atoms with Crippen molar-refractivity contribution in [3.8, 4) is 5.75 Å². The van der Waals surface area contributed by atoms with Gasteiger partial charge in [0.1, 0.15) is 22.4 Å². The summed E-state index contributed by atoms with van der Waals surface area (Å²) in [5.74, 6) is 0.708. The van der Waals surface area contributed by atoms with E-state index in [0.717, 1.165) is 23.1 Å². The van der Waals surface area contributed by atoms with E-state index < -0.39 is 10.0 Å². The summed E-state index contributed by atoms with van der Waals surface area (Å²) < 4.78 is 30.6. The Kier molecular flexibility index (Phi) is 7.68. The third-order valence-electron chi connectivity index (χ3n) is 4.19. The summed E-state index contributed by atoms with van der Waals surface area (Å²) in [6.45, 7) is 4.29. The van der Waals surface area contributed by atoms with Crippen molar-refractivity contribution in [1.82, 2.24) is 0 Å². The Morgan fingerprint density at radius 2 is 1.89 bits per heavy atom. The maximum atomic E-state index is 12.4. The number of nitrogens with zero attached hydrogens (tertiary/aromatic N) is 2. The van der Waals surface area contributed by atoms with Crippen LogP contribution >= 0.6 is 0 Å². The second-order valence-corrected chi connectivity index (χ2v) is 7.67. The van der Waals surface area contributed by atoms with Crippen LogP contribution in [0.5, 0.6) is 5.75 Å². The predicted molar refractivity (Wildman–Crippen MR) is 103 cm³/mol. The maximum Gasteiger partial charge on any atom is 1.00 e. The van der Waals surface area contributed by atoms with Crippen LogP contribution in [-0.2, 0) is 16.4 Å². The molecule has 0 amide bonds. The van der Waals surface area contributed by atoms with Crippen molar-refractivity contribution in [2.24, 2.45) is 5.10 Å². The van der Waals surface area contributed by atoms with Gasteiger partial charge in [0, 0.05) is 11.3 Å². The van der Waals surface area contributed by atoms with E-state index in [9.17, 15) is 8.42 Å². The van der Waals surface area contributed by atoms with Gasteiger partial charge in [-0.2, -0.15) is 0 Å². The van der Waals surface area contributed by atoms with Crippen LogP contribution in [0, 0.1) is 6.92 Å². The van der Waals surface area contributed by atoms with Crippen LogP contribution in [-0.4, -0.2) is 20.7 Å². The van der Waals surface area contributed by atoms with Crippen LogP contribution in [0.2, 0.25) is 0 Å². The van der Waals surface area contributed by atoms with Gasteiger partial charge in [-0.3, -0.25) is 0 Å². The largest absolute Gasteiger partial charge is 1.00 e. The van der Waals surface area contributed by atoms with Crippen LogP contribution in [0.3, 0.4) is 0 Å². The molecule has 0 radical (unpaired) electrons. The summed E-state index contributed by atoms with van der Waals surface area (Å²) in [4.78, 5) is 3.81. The molecule has 5 nitrogen and oxygen atoms in total. The van der Waals surface area contributed by atoms with Crippen molar-refractivity contribution < 1.29 is 42.7 Å². The second-order valence-electron chi connectivity index (χ2n) is 6.09. The Labute approximate surface area is 182 Å². The zero-order chi connectivity index (χ0) is 18.6. The normalized spacial score (nSPS) is 14.8. The zero-order valence-electron chi connectivity index (χ0n) is 15.8. The van der Waals surface area contributed by atoms with E-state index in [0.29, 0.717) is 24.5 Å². The third-order valence-corrected chi connectivity index (χ3v) is 5.36. The molecule has 0 atom stereocenters. The molecule has 1 aliphatic carbocycles. The minimum absolute atomic E-state index is 0. The average molecular weight is 392 g/mol. The topological polar surface area (TPSA) is 69.8 Å². The summed E-state index contributed by atoms with van der Waals surface area (Å²) in [5.41, 5.74) is 3.60. The van der Waals surface area contributed by atoms with E-state index in [1.165, 1.54) is 0 Å². The van der Waals surface area contributed by atoms with Gasteiger partial charge < -0.3 is 14.7 Å². The first-order chi connectivity index (χ1) is 12.5. The van der Waals surface area contributed by atoms with Crippen molar-refractivity contribution >= 4 is 15.7 Å². The van der Waals surface area contributed by atoms with E-state index in [1.54, 1.807) is 24.3 Å². The van der Waals surface area contributed by atoms with Gasteiger partial charge in [-0.05, 0) is 50.5 Å². The Hall–Kier alpha value is -1.60. The molecule has 2 aromatic rings. The molecule has 0 saturated heterocycles. The number of hydrogen-bond donors (Lipinski definition) is 0. The third kappa shape index (κ3) is 5.23. The van der Waals surface area contributed by atoms with Crippen molar-refractivity contribution in [2.75, 3.05) is 6.61 Å². The van der Waals surface area contributed by atoms with Gasteiger partial charge in [0.05, 0.1) is 4.90 Å². The summed E-state index contributed by atoms with van der Waals surface area (Å²) in [7, 11) is -3.82. The SMILES string of the molecule is C/C=C/COc1cccc2c1/C(=N/[N-]S(=O)(=O)c1ccc(C)cc1)CC2.[Na+]. The Morgan fingerprint density at radius 1 is 1.15 bits per heavy atom. The van der Waals surface area contributed by atoms with Crippen LogP contribution in [0.15, 0.2) is 64.6 Å². The molecule has 0 saturated carbocycles. The molecule has 1 aliphatic rings. The van der Waals surface area contributed by atoms with Gasteiger partial charge in [-0.1, -0.05) is 42.0 Å². The first-order valence-corrected chi connectivity index (χ1v) is 9.92. The number of allylic oxidation sites excluding steroid dienone is 1. The number of rotatable bonds is 6. The number of sulfonamides is 1. The number of benzene rings is 2. The fourth-order valence-electron chi connectivity index (χ4n) is 2.81. The molecule has 3 rings (SSSR count). The quantitative estimate of drug-likeness (QED) is 0.424. The molecule has 7 heteroatoms. The molecule has 27 heavy (non-hydrogen) atoms. The molecule has 0 bridgehead atoms. The van der Waals surface area contributed by atoms with Crippen LogP contribution in [0.1, 0.15) is 30.0 Å². The van der Waals surface area contributed by atoms with Crippen molar-refractivity contribution in [2.45, 2.75) is 31.6 Å². The zero-order valence-corrected chi connectivity index (χ0v) is 18.7. The van der Waals surface area contributed by atoms with Gasteiger partial charge in [0.25, 0.3) is 0 Å². The van der Waals surface area contributed by atoms with Gasteiger partial charge in [-0.25, -0.2) is 8.42 Å². The van der Waals surface area contributed by atoms with E-state index in [1.807, 2.05) is 44.2 Å². The predicted octanol–water partition coefficient (Wildman–Crippen LogP) is 1.37. The Morgan fingerprint density at radius 3 is 2.59 bits per heavy atom. The van der Waals surface area contributed by atoms with Gasteiger partial charge in [0.15, 0.2) is 0 Å². The average Bonchev–Trinajstić information content (AvgIpc) is 3.05. The fourth-order valence-corrected chi connectivity index (χ4v) is 3.59. The monoisotopic (exact) mass is 392 g/mol. The molecule has 0 spiro atoms. The first-order valence-electron chi connectivity index (χ1n) is 8.48. The van der Waals surface area contributed by atoms with Gasteiger partial charge in [-0.15, -0.1) is 0 Å². The minimum Gasteiger partial charge on any atom is -0.490 e. The number of aryl methyl sites for hydroxylation is 2. The van der Waals surface area contributed by atoms with Crippen molar-refractivity contribution in [3.05, 3.63) is 76.1 Å². The van der Waals surface area contributed by atoms with Crippen molar-refractivity contribution in [3.63, 3.8) is 0 Å². The number of ether oxygens (including phenoxy) is 1. The van der Waals surface area contributed by atoms with Crippen LogP contribution < -0.4 is 34.3 Å². The van der Waals surface area contributed by atoms with E-state index in [4.69, 9.17) is 4.74 Å². The molecule has 0 aliphatic heterocycles. The van der Waals surface area contributed by atoms with E-state index in [-0.39, 0.29) is 34.5 Å². The maximum absolute atomic E-state index is 12.4. The molecule has 0 aromatic heterocycles. The van der Waals surface area contributed by atoms with Gasteiger partial charge >= 0.3 is 29.6 Å². The Balaban J connectivity index is 0.00000261. The molecule has 136 valence electrons. The van der Waals surface area contributed by atoms with Gasteiger partial charge in [0.2, 0.25) is 0 Å². The van der Waals surface area contributed by atoms with E-state index >= 15 is 0 Å². The molecule has 0 N–H and O–H groups in total. The fraction of sp³-hybridized carbons (Fsp3) is 0.250. The number of hydrogen-bond acceptors (Lipinski definition) is 4. The smallest absolute Gasteiger partial charge is 0.490 e. The summed E-state index contributed by atoms with van der Waals surface area (Å²) in [6.07, 6.45) is 5.28. The summed E-state index contributed by atoms with van der Waals surface area (Å²) >= 11 is 0. The van der Waals surface area contributed by atoms with Crippen molar-refractivity contribution in [1.29, 1.82) is 0 Å². The first kappa shape index (κ1) is 21.7. The molecule has 0 unspecified atom stereocenters. The molecule has 2 aromatic carbocycles. The second kappa shape index (κ2) is 9.55. The molecular weight excluding hydrogens is 371 g/mol. The van der Waals surface area contributed by atoms with E-state index in [2.05, 4.69) is 9.93 Å². The molecular formula is C20H21N2NaO3S.